The van der Waals surface area contributed by atoms with Gasteiger partial charge in [0.05, 0.1) is 22.2 Å². The Morgan fingerprint density at radius 1 is 1.14 bits per heavy atom. The van der Waals surface area contributed by atoms with Gasteiger partial charge in [-0.1, -0.05) is 18.2 Å². The number of piperidine rings is 1. The third kappa shape index (κ3) is 3.48. The van der Waals surface area contributed by atoms with Crippen LogP contribution in [-0.4, -0.2) is 33.9 Å². The number of fused-ring (bicyclic) bond motifs is 1. The summed E-state index contributed by atoms with van der Waals surface area (Å²) in [5.41, 5.74) is 1.86. The van der Waals surface area contributed by atoms with Gasteiger partial charge in [0.1, 0.15) is 5.82 Å². The van der Waals surface area contributed by atoms with Crippen molar-refractivity contribution in [3.63, 3.8) is 0 Å². The number of nitrogens with one attached hydrogen (secondary N) is 1. The van der Waals surface area contributed by atoms with E-state index in [1.807, 2.05) is 25.1 Å². The molecule has 0 radical (unpaired) electrons. The van der Waals surface area contributed by atoms with Crippen LogP contribution in [-0.2, 0) is 6.18 Å². The molecule has 1 N–H and O–H groups in total. The summed E-state index contributed by atoms with van der Waals surface area (Å²) in [4.78, 5) is 22.2. The molecule has 0 spiro atoms. The van der Waals surface area contributed by atoms with Crippen LogP contribution < -0.4 is 0 Å². The topological polar surface area (TPSA) is 49.0 Å². The van der Waals surface area contributed by atoms with Gasteiger partial charge in [0, 0.05) is 19.0 Å². The molecule has 0 saturated carbocycles. The number of aromatic amines is 1. The zero-order chi connectivity index (χ0) is 19.9. The van der Waals surface area contributed by atoms with Crippen LogP contribution in [0, 0.1) is 6.92 Å². The number of nitrogens with zero attached hydrogens (tertiary/aromatic N) is 2. The summed E-state index contributed by atoms with van der Waals surface area (Å²) in [6, 6.07) is 11.0. The second-order valence-corrected chi connectivity index (χ2v) is 7.25. The first-order valence-electron chi connectivity index (χ1n) is 9.24. The second kappa shape index (κ2) is 6.96. The molecule has 146 valence electrons. The van der Waals surface area contributed by atoms with Crippen LogP contribution in [0.15, 0.2) is 42.5 Å². The zero-order valence-electron chi connectivity index (χ0n) is 15.4. The minimum absolute atomic E-state index is 0.162. The lowest BCUT2D eigenvalue weighted by atomic mass is 9.95. The number of hydrogen-bond acceptors (Lipinski definition) is 2. The quantitative estimate of drug-likeness (QED) is 0.679. The van der Waals surface area contributed by atoms with Crippen molar-refractivity contribution >= 4 is 16.9 Å². The number of aryl methyl sites for hydroxylation is 1. The number of halogens is 3. The van der Waals surface area contributed by atoms with Crippen molar-refractivity contribution in [2.45, 2.75) is 31.9 Å². The van der Waals surface area contributed by atoms with Gasteiger partial charge in [-0.25, -0.2) is 4.98 Å². The molecule has 2 heterocycles. The average molecular weight is 387 g/mol. The summed E-state index contributed by atoms with van der Waals surface area (Å²) in [6.45, 7) is 2.83. The summed E-state index contributed by atoms with van der Waals surface area (Å²) in [5, 5.41) is 0. The third-order valence-electron chi connectivity index (χ3n) is 5.29. The third-order valence-corrected chi connectivity index (χ3v) is 5.29. The highest BCUT2D eigenvalue weighted by Gasteiger charge is 2.36. The van der Waals surface area contributed by atoms with Crippen molar-refractivity contribution in [3.8, 4) is 0 Å². The number of H-pyrrole nitrogens is 1. The van der Waals surface area contributed by atoms with E-state index in [4.69, 9.17) is 0 Å². The van der Waals surface area contributed by atoms with Gasteiger partial charge < -0.3 is 9.88 Å². The largest absolute Gasteiger partial charge is 0.417 e. The number of aromatic nitrogens is 2. The van der Waals surface area contributed by atoms with Gasteiger partial charge in [0.15, 0.2) is 0 Å². The van der Waals surface area contributed by atoms with E-state index >= 15 is 0 Å². The van der Waals surface area contributed by atoms with E-state index in [9.17, 15) is 18.0 Å². The lowest BCUT2D eigenvalue weighted by molar-refractivity contribution is -0.138. The fourth-order valence-electron chi connectivity index (χ4n) is 3.78. The Bertz CT molecular complexity index is 1020. The highest BCUT2D eigenvalue weighted by molar-refractivity contribution is 5.96. The Morgan fingerprint density at radius 3 is 2.57 bits per heavy atom. The Morgan fingerprint density at radius 2 is 1.86 bits per heavy atom. The summed E-state index contributed by atoms with van der Waals surface area (Å²) in [5.74, 6) is 0.476. The van der Waals surface area contributed by atoms with Crippen molar-refractivity contribution < 1.29 is 18.0 Å². The molecule has 0 atom stereocenters. The molecule has 3 aromatic rings. The van der Waals surface area contributed by atoms with Crippen molar-refractivity contribution in [2.75, 3.05) is 13.1 Å². The number of likely N-dealkylation sites (tertiary alicyclic amines) is 1. The maximum absolute atomic E-state index is 13.2. The van der Waals surface area contributed by atoms with Crippen molar-refractivity contribution in [2.24, 2.45) is 0 Å². The fourth-order valence-corrected chi connectivity index (χ4v) is 3.78. The molecule has 0 bridgehead atoms. The predicted molar refractivity (Wildman–Crippen MR) is 100 cm³/mol. The van der Waals surface area contributed by atoms with E-state index in [0.29, 0.717) is 25.9 Å². The Hall–Kier alpha value is -2.83. The summed E-state index contributed by atoms with van der Waals surface area (Å²) in [7, 11) is 0. The zero-order valence-corrected chi connectivity index (χ0v) is 15.4. The minimum Gasteiger partial charge on any atom is -0.342 e. The van der Waals surface area contributed by atoms with E-state index in [1.165, 1.54) is 23.1 Å². The molecule has 1 saturated heterocycles. The molecule has 28 heavy (non-hydrogen) atoms. The molecule has 7 heteroatoms. The van der Waals surface area contributed by atoms with Gasteiger partial charge in [0.2, 0.25) is 0 Å². The first-order chi connectivity index (χ1) is 13.3. The lowest BCUT2D eigenvalue weighted by Crippen LogP contribution is -2.39. The van der Waals surface area contributed by atoms with Crippen LogP contribution >= 0.6 is 0 Å². The van der Waals surface area contributed by atoms with Crippen LogP contribution in [0.4, 0.5) is 13.2 Å². The van der Waals surface area contributed by atoms with Crippen LogP contribution in [0.3, 0.4) is 0 Å². The van der Waals surface area contributed by atoms with Gasteiger partial charge >= 0.3 is 6.18 Å². The predicted octanol–water partition coefficient (Wildman–Crippen LogP) is 4.91. The van der Waals surface area contributed by atoms with E-state index in [1.54, 1.807) is 0 Å². The molecule has 1 aromatic heterocycles. The first-order valence-corrected chi connectivity index (χ1v) is 9.24. The molecular formula is C21H20F3N3O. The number of alkyl halides is 3. The van der Waals surface area contributed by atoms with Gasteiger partial charge in [-0.3, -0.25) is 4.79 Å². The molecule has 1 amide bonds. The van der Waals surface area contributed by atoms with Gasteiger partial charge in [-0.05, 0) is 49.6 Å². The van der Waals surface area contributed by atoms with Gasteiger partial charge in [-0.15, -0.1) is 0 Å². The summed E-state index contributed by atoms with van der Waals surface area (Å²) < 4.78 is 39.6. The highest BCUT2D eigenvalue weighted by atomic mass is 19.4. The molecule has 4 nitrogen and oxygen atoms in total. The van der Waals surface area contributed by atoms with Crippen LogP contribution in [0.1, 0.15) is 46.1 Å². The number of rotatable bonds is 2. The van der Waals surface area contributed by atoms with E-state index < -0.39 is 17.6 Å². The average Bonchev–Trinajstić information content (AvgIpc) is 3.10. The number of carbonyl (C=O) groups excluding carboxylic acids is 1. The molecule has 0 aliphatic carbocycles. The van der Waals surface area contributed by atoms with Crippen LogP contribution in [0.25, 0.3) is 11.0 Å². The molecular weight excluding hydrogens is 367 g/mol. The number of amides is 1. The summed E-state index contributed by atoms with van der Waals surface area (Å²) >= 11 is 0. The highest BCUT2D eigenvalue weighted by Crippen LogP contribution is 2.34. The van der Waals surface area contributed by atoms with Crippen molar-refractivity contribution in [1.29, 1.82) is 0 Å². The molecule has 1 aliphatic heterocycles. The second-order valence-electron chi connectivity index (χ2n) is 7.25. The molecule has 2 aromatic carbocycles. The van der Waals surface area contributed by atoms with E-state index in [-0.39, 0.29) is 11.5 Å². The Labute approximate surface area is 160 Å². The fraction of sp³-hybridized carbons (Fsp3) is 0.333. The standard InChI is InChI=1S/C21H20F3N3O/c1-13-6-7-17-18(12-13)26-19(25-17)14-8-10-27(11-9-14)20(28)15-4-2-3-5-16(15)21(22,23)24/h2-7,12,14H,8-11H2,1H3,(H,25,26). The number of imidazole rings is 1. The first kappa shape index (κ1) is 18.5. The normalized spacial score (nSPS) is 15.9. The van der Waals surface area contributed by atoms with Crippen LogP contribution in [0.5, 0.6) is 0 Å². The molecule has 4 rings (SSSR count). The maximum atomic E-state index is 13.2. The Balaban J connectivity index is 1.49. The number of carbonyl (C=O) groups is 1. The summed E-state index contributed by atoms with van der Waals surface area (Å²) in [6.07, 6.45) is -3.21. The van der Waals surface area contributed by atoms with Crippen molar-refractivity contribution in [1.82, 2.24) is 14.9 Å². The molecule has 0 unspecified atom stereocenters. The molecule has 1 fully saturated rings. The number of benzene rings is 2. The Kier molecular flexibility index (Phi) is 4.61. The van der Waals surface area contributed by atoms with Gasteiger partial charge in [-0.2, -0.15) is 13.2 Å². The van der Waals surface area contributed by atoms with E-state index in [0.717, 1.165) is 28.5 Å². The van der Waals surface area contributed by atoms with E-state index in [2.05, 4.69) is 9.97 Å². The monoisotopic (exact) mass is 387 g/mol. The smallest absolute Gasteiger partial charge is 0.342 e. The number of hydrogen-bond donors (Lipinski definition) is 1. The maximum Gasteiger partial charge on any atom is 0.417 e. The molecule has 1 aliphatic rings. The van der Waals surface area contributed by atoms with Crippen LogP contribution in [0.2, 0.25) is 0 Å². The lowest BCUT2D eigenvalue weighted by Gasteiger charge is -2.31. The SMILES string of the molecule is Cc1ccc2nc(C3CCN(C(=O)c4ccccc4C(F)(F)F)CC3)[nH]c2c1. The minimum atomic E-state index is -4.54. The van der Waals surface area contributed by atoms with Crippen molar-refractivity contribution in [3.05, 3.63) is 65.0 Å². The van der Waals surface area contributed by atoms with Gasteiger partial charge in [0.25, 0.3) is 5.91 Å².